The van der Waals surface area contributed by atoms with Crippen LogP contribution in [0.5, 0.6) is 0 Å². The fraction of sp³-hybridized carbons (Fsp3) is 0. The molecule has 1 aromatic heterocycles. The van der Waals surface area contributed by atoms with Crippen LogP contribution in [0.25, 0.3) is 0 Å². The second-order valence-corrected chi connectivity index (χ2v) is 6.21. The fourth-order valence-electron chi connectivity index (χ4n) is 2.49. The van der Waals surface area contributed by atoms with Crippen molar-refractivity contribution in [2.45, 2.75) is 0 Å². The molecule has 0 unspecified atom stereocenters. The molecule has 4 aliphatic carbocycles. The van der Waals surface area contributed by atoms with E-state index in [2.05, 4.69) is 62.1 Å². The molecule has 0 aromatic carbocycles. The quantitative estimate of drug-likeness (QED) is 0.535. The first-order valence-electron chi connectivity index (χ1n) is 8.29. The van der Waals surface area contributed by atoms with Crippen molar-refractivity contribution >= 4 is 11.3 Å². The second kappa shape index (κ2) is 15.6. The maximum absolute atomic E-state index is 2.22. The van der Waals surface area contributed by atoms with Crippen molar-refractivity contribution in [2.75, 3.05) is 0 Å². The average molecular weight is 452 g/mol. The Morgan fingerprint density at radius 2 is 0.630 bits per heavy atom. The van der Waals surface area contributed by atoms with Crippen LogP contribution in [0.4, 0.5) is 0 Å². The summed E-state index contributed by atoms with van der Waals surface area (Å²) >= 11 is 1.76. The largest absolute Gasteiger partial charge is 2.00 e. The van der Waals surface area contributed by atoms with Crippen molar-refractivity contribution < 1.29 is 34.1 Å². The van der Waals surface area contributed by atoms with Crippen molar-refractivity contribution in [1.82, 2.24) is 0 Å². The number of thiophene rings is 1. The van der Waals surface area contributed by atoms with Crippen LogP contribution >= 0.6 is 11.3 Å². The molecule has 0 nitrogen and oxygen atoms in total. The molecule has 0 N–H and O–H groups in total. The summed E-state index contributed by atoms with van der Waals surface area (Å²) in [6, 6.07) is 0. The van der Waals surface area contributed by atoms with Gasteiger partial charge in [-0.1, -0.05) is 0 Å². The van der Waals surface area contributed by atoms with Crippen LogP contribution < -0.4 is 0 Å². The maximum Gasteiger partial charge on any atom is 2.00 e. The van der Waals surface area contributed by atoms with Crippen LogP contribution in [0.3, 0.4) is 0 Å². The van der Waals surface area contributed by atoms with E-state index in [9.17, 15) is 0 Å². The zero-order valence-electron chi connectivity index (χ0n) is 14.7. The van der Waals surface area contributed by atoms with Crippen LogP contribution in [-0.2, 0) is 34.1 Å². The molecule has 4 fully saturated rings. The molecule has 0 bridgehead atoms. The van der Waals surface area contributed by atoms with E-state index in [-0.39, 0.29) is 34.1 Å². The average Bonchev–Trinajstić information content (AvgIpc) is 3.51. The first kappa shape index (κ1) is 25.8. The van der Waals surface area contributed by atoms with E-state index < -0.39 is 0 Å². The van der Waals surface area contributed by atoms with Crippen LogP contribution in [-0.4, -0.2) is 0 Å². The number of hydrogen-bond acceptors (Lipinski definition) is 1. The summed E-state index contributed by atoms with van der Waals surface area (Å²) in [6.45, 7) is 0. The smallest absolute Gasteiger partial charge is 0.152 e. The maximum atomic E-state index is 2.22. The van der Waals surface area contributed by atoms with Gasteiger partial charge in [-0.05, 0) is 137 Å². The van der Waals surface area contributed by atoms with E-state index in [0.29, 0.717) is 0 Å². The SMILES string of the molecule is [CH]1[CH][CH][CH][CH]1.[CH]1[CH][CH][CH][CH]1.[CH]1[CH][CH][C](c2cscc2[C]2[CH][CH][CH][CH]2)[CH]1.[Fe+2].[Fe+2]. The standard InChI is InChI=1S/C14H10S.2C5H5.2Fe/c1-2-6-11(5-1)13-9-15-10-14(13)12-7-3-4-8-12;2*1-2-4-5-3-1;;/h1-10H;2*1-5H;;/q;;;2*+2. The van der Waals surface area contributed by atoms with Crippen molar-refractivity contribution in [1.29, 1.82) is 0 Å². The Bertz CT molecular complexity index is 395. The molecule has 0 aliphatic heterocycles. The van der Waals surface area contributed by atoms with Crippen LogP contribution in [0.1, 0.15) is 11.1 Å². The third-order valence-electron chi connectivity index (χ3n) is 3.72. The minimum atomic E-state index is 0. The molecular weight excluding hydrogens is 432 g/mol. The van der Waals surface area contributed by atoms with E-state index in [1.165, 1.54) is 23.0 Å². The summed E-state index contributed by atoms with van der Waals surface area (Å²) in [4.78, 5) is 0. The first-order chi connectivity index (χ1) is 12.4. The van der Waals surface area contributed by atoms with Crippen molar-refractivity contribution in [2.24, 2.45) is 0 Å². The second-order valence-electron chi connectivity index (χ2n) is 5.47. The topological polar surface area (TPSA) is 0 Å². The zero-order valence-corrected chi connectivity index (χ0v) is 17.7. The Morgan fingerprint density at radius 3 is 0.889 bits per heavy atom. The van der Waals surface area contributed by atoms with Crippen LogP contribution in [0.2, 0.25) is 0 Å². The van der Waals surface area contributed by atoms with Gasteiger partial charge in [0.1, 0.15) is 0 Å². The van der Waals surface area contributed by atoms with Gasteiger partial charge in [0, 0.05) is 11.8 Å². The Balaban J connectivity index is 0.000000253. The molecule has 20 radical (unpaired) electrons. The molecule has 0 amide bonds. The predicted molar refractivity (Wildman–Crippen MR) is 106 cm³/mol. The molecular formula is C24H20Fe2S+4. The Labute approximate surface area is 194 Å². The van der Waals surface area contributed by atoms with Gasteiger partial charge in [-0.2, -0.15) is 11.3 Å². The van der Waals surface area contributed by atoms with E-state index in [1.54, 1.807) is 11.3 Å². The van der Waals surface area contributed by atoms with Gasteiger partial charge in [-0.15, -0.1) is 0 Å². The molecule has 1 aromatic rings. The summed E-state index contributed by atoms with van der Waals surface area (Å²) in [6.07, 6.45) is 37.0. The van der Waals surface area contributed by atoms with Gasteiger partial charge in [0.05, 0.1) is 0 Å². The van der Waals surface area contributed by atoms with Crippen molar-refractivity contribution in [3.63, 3.8) is 0 Å². The molecule has 0 saturated heterocycles. The van der Waals surface area contributed by atoms with Crippen molar-refractivity contribution in [3.8, 4) is 0 Å². The minimum Gasteiger partial charge on any atom is -0.152 e. The third-order valence-corrected chi connectivity index (χ3v) is 4.46. The Morgan fingerprint density at radius 1 is 0.370 bits per heavy atom. The van der Waals surface area contributed by atoms with Crippen molar-refractivity contribution in [3.05, 3.63) is 149 Å². The summed E-state index contributed by atoms with van der Waals surface area (Å²) in [5.74, 6) is 2.62. The molecule has 27 heavy (non-hydrogen) atoms. The molecule has 4 saturated carbocycles. The molecule has 4 aliphatic rings. The zero-order chi connectivity index (χ0) is 17.2. The van der Waals surface area contributed by atoms with Gasteiger partial charge < -0.3 is 0 Å². The van der Waals surface area contributed by atoms with Crippen LogP contribution in [0, 0.1) is 127 Å². The van der Waals surface area contributed by atoms with Gasteiger partial charge >= 0.3 is 34.1 Å². The molecule has 5 rings (SSSR count). The van der Waals surface area contributed by atoms with Gasteiger partial charge in [-0.3, -0.25) is 0 Å². The number of rotatable bonds is 2. The monoisotopic (exact) mass is 452 g/mol. The van der Waals surface area contributed by atoms with E-state index in [4.69, 9.17) is 0 Å². The molecule has 1 heterocycles. The summed E-state index contributed by atoms with van der Waals surface area (Å²) in [7, 11) is 0. The Kier molecular flexibility index (Phi) is 14.9. The predicted octanol–water partition coefficient (Wildman–Crippen LogP) is 5.29. The first-order valence-corrected chi connectivity index (χ1v) is 9.23. The van der Waals surface area contributed by atoms with E-state index >= 15 is 0 Å². The summed E-state index contributed by atoms with van der Waals surface area (Å²) < 4.78 is 0. The normalized spacial score (nSPS) is 22.2. The van der Waals surface area contributed by atoms with Gasteiger partial charge in [0.2, 0.25) is 0 Å². The molecule has 0 spiro atoms. The number of hydrogen-bond donors (Lipinski definition) is 0. The summed E-state index contributed by atoms with van der Waals surface area (Å²) in [5, 5.41) is 4.44. The molecule has 134 valence electrons. The van der Waals surface area contributed by atoms with Gasteiger partial charge in [-0.25, -0.2) is 0 Å². The molecule has 0 atom stereocenters. The Hall–Kier alpha value is 0.739. The van der Waals surface area contributed by atoms with Gasteiger partial charge in [0.25, 0.3) is 0 Å². The third kappa shape index (κ3) is 8.96. The van der Waals surface area contributed by atoms with Crippen LogP contribution in [0.15, 0.2) is 10.8 Å². The van der Waals surface area contributed by atoms with E-state index in [0.717, 1.165) is 0 Å². The fourth-order valence-corrected chi connectivity index (χ4v) is 3.36. The van der Waals surface area contributed by atoms with E-state index in [1.807, 2.05) is 64.2 Å². The minimum absolute atomic E-state index is 0. The molecule has 3 heteroatoms. The summed E-state index contributed by atoms with van der Waals surface area (Å²) in [5.41, 5.74) is 2.69. The van der Waals surface area contributed by atoms with Gasteiger partial charge in [0.15, 0.2) is 0 Å².